The monoisotopic (exact) mass is 386 g/mol. The maximum absolute atomic E-state index is 13.9. The summed E-state index contributed by atoms with van der Waals surface area (Å²) in [5.41, 5.74) is -0.154. The second-order valence-electron chi connectivity index (χ2n) is 5.76. The molecule has 1 amide bonds. The van der Waals surface area contributed by atoms with E-state index < -0.39 is 22.3 Å². The number of nitro groups is 1. The summed E-state index contributed by atoms with van der Waals surface area (Å²) in [4.78, 5) is 27.8. The van der Waals surface area contributed by atoms with Crippen molar-refractivity contribution in [3.8, 4) is 0 Å². The fourth-order valence-corrected chi connectivity index (χ4v) is 3.15. The molecule has 3 rings (SSSR count). The predicted octanol–water partition coefficient (Wildman–Crippen LogP) is 4.18. The Morgan fingerprint density at radius 3 is 2.59 bits per heavy atom. The average Bonchev–Trinajstić information content (AvgIpc) is 3.03. The second kappa shape index (κ2) is 7.58. The lowest BCUT2D eigenvalue weighted by molar-refractivity contribution is -0.385. The normalized spacial score (nSPS) is 10.6. The highest BCUT2D eigenvalue weighted by Gasteiger charge is 2.19. The van der Waals surface area contributed by atoms with E-state index >= 15 is 0 Å². The molecule has 0 unspecified atom stereocenters. The number of nitrogens with zero attached hydrogens (tertiary/aromatic N) is 3. The van der Waals surface area contributed by atoms with Gasteiger partial charge in [0.05, 0.1) is 10.5 Å². The highest BCUT2D eigenvalue weighted by Crippen LogP contribution is 2.27. The lowest BCUT2D eigenvalue weighted by Gasteiger charge is -2.08. The SMILES string of the molecule is Cc1c(F)cc(C(=O)Nc2ccc(Sc3nccn3C)cc2)cc1[N+](=O)[O-]. The quantitative estimate of drug-likeness (QED) is 0.525. The van der Waals surface area contributed by atoms with Crippen LogP contribution in [0, 0.1) is 22.9 Å². The first kappa shape index (κ1) is 18.6. The summed E-state index contributed by atoms with van der Waals surface area (Å²) in [7, 11) is 1.89. The van der Waals surface area contributed by atoms with Gasteiger partial charge in [0, 0.05) is 41.7 Å². The molecule has 0 aliphatic heterocycles. The van der Waals surface area contributed by atoms with E-state index in [4.69, 9.17) is 0 Å². The van der Waals surface area contributed by atoms with E-state index in [1.54, 1.807) is 18.3 Å². The Morgan fingerprint density at radius 1 is 1.30 bits per heavy atom. The number of anilines is 1. The molecule has 1 heterocycles. The van der Waals surface area contributed by atoms with Gasteiger partial charge in [-0.2, -0.15) is 0 Å². The van der Waals surface area contributed by atoms with Gasteiger partial charge < -0.3 is 9.88 Å². The molecule has 138 valence electrons. The van der Waals surface area contributed by atoms with Gasteiger partial charge >= 0.3 is 0 Å². The van der Waals surface area contributed by atoms with Crippen molar-refractivity contribution in [2.75, 3.05) is 5.32 Å². The number of hydrogen-bond acceptors (Lipinski definition) is 5. The van der Waals surface area contributed by atoms with Crippen molar-refractivity contribution in [3.05, 3.63) is 75.9 Å². The molecule has 0 atom stereocenters. The van der Waals surface area contributed by atoms with Crippen molar-refractivity contribution >= 4 is 29.0 Å². The number of hydrogen-bond donors (Lipinski definition) is 1. The van der Waals surface area contributed by atoms with Crippen molar-refractivity contribution < 1.29 is 14.1 Å². The lowest BCUT2D eigenvalue weighted by atomic mass is 10.1. The summed E-state index contributed by atoms with van der Waals surface area (Å²) in [6.07, 6.45) is 3.55. The number of carbonyl (C=O) groups excluding carboxylic acids is 1. The van der Waals surface area contributed by atoms with Crippen LogP contribution in [0.4, 0.5) is 15.8 Å². The lowest BCUT2D eigenvalue weighted by Crippen LogP contribution is -2.13. The molecule has 0 spiro atoms. The van der Waals surface area contributed by atoms with Crippen LogP contribution < -0.4 is 5.32 Å². The Bertz CT molecular complexity index is 1020. The van der Waals surface area contributed by atoms with Crippen molar-refractivity contribution in [2.24, 2.45) is 7.05 Å². The molecule has 27 heavy (non-hydrogen) atoms. The van der Waals surface area contributed by atoms with Gasteiger partial charge in [0.25, 0.3) is 11.6 Å². The number of aromatic nitrogens is 2. The van der Waals surface area contributed by atoms with Crippen LogP contribution in [-0.2, 0) is 7.05 Å². The number of nitro benzene ring substituents is 1. The Morgan fingerprint density at radius 2 is 2.00 bits per heavy atom. The topological polar surface area (TPSA) is 90.1 Å². The van der Waals surface area contributed by atoms with E-state index in [0.29, 0.717) is 5.69 Å². The number of aryl methyl sites for hydroxylation is 1. The number of rotatable bonds is 5. The van der Waals surface area contributed by atoms with Crippen LogP contribution in [0.2, 0.25) is 0 Å². The van der Waals surface area contributed by atoms with E-state index in [1.807, 2.05) is 29.9 Å². The number of imidazole rings is 1. The van der Waals surface area contributed by atoms with E-state index in [0.717, 1.165) is 22.2 Å². The van der Waals surface area contributed by atoms with Crippen LogP contribution in [-0.4, -0.2) is 20.4 Å². The van der Waals surface area contributed by atoms with Crippen LogP contribution in [0.3, 0.4) is 0 Å². The minimum atomic E-state index is -0.795. The summed E-state index contributed by atoms with van der Waals surface area (Å²) in [6.45, 7) is 1.30. The number of amides is 1. The van der Waals surface area contributed by atoms with E-state index in [2.05, 4.69) is 10.3 Å². The first-order valence-corrected chi connectivity index (χ1v) is 8.68. The molecule has 0 bridgehead atoms. The van der Waals surface area contributed by atoms with Gasteiger partial charge in [0.1, 0.15) is 5.82 Å². The first-order chi connectivity index (χ1) is 12.8. The molecule has 1 N–H and O–H groups in total. The van der Waals surface area contributed by atoms with Crippen LogP contribution in [0.1, 0.15) is 15.9 Å². The number of carbonyl (C=O) groups is 1. The molecule has 7 nitrogen and oxygen atoms in total. The molecular weight excluding hydrogens is 371 g/mol. The highest BCUT2D eigenvalue weighted by atomic mass is 32.2. The fourth-order valence-electron chi connectivity index (χ4n) is 2.35. The van der Waals surface area contributed by atoms with Gasteiger partial charge in [-0.15, -0.1) is 0 Å². The smallest absolute Gasteiger partial charge is 0.276 e. The zero-order valence-electron chi connectivity index (χ0n) is 14.5. The molecule has 3 aromatic rings. The van der Waals surface area contributed by atoms with E-state index in [-0.39, 0.29) is 11.1 Å². The van der Waals surface area contributed by atoms with E-state index in [1.165, 1.54) is 18.7 Å². The third-order valence-electron chi connectivity index (χ3n) is 3.87. The molecule has 0 fully saturated rings. The third-order valence-corrected chi connectivity index (χ3v) is 4.96. The van der Waals surface area contributed by atoms with Crippen LogP contribution in [0.25, 0.3) is 0 Å². The summed E-state index contributed by atoms with van der Waals surface area (Å²) < 4.78 is 15.8. The molecule has 2 aromatic carbocycles. The maximum Gasteiger partial charge on any atom is 0.276 e. The second-order valence-corrected chi connectivity index (χ2v) is 6.80. The minimum Gasteiger partial charge on any atom is -0.329 e. The van der Waals surface area contributed by atoms with Crippen LogP contribution >= 0.6 is 11.8 Å². The first-order valence-electron chi connectivity index (χ1n) is 7.86. The standard InChI is InChI=1S/C18H15FN4O3S/c1-11-15(19)9-12(10-16(11)23(25)26)17(24)21-13-3-5-14(6-4-13)27-18-20-7-8-22(18)2/h3-10H,1-2H3,(H,21,24). The largest absolute Gasteiger partial charge is 0.329 e. The van der Waals surface area contributed by atoms with Crippen LogP contribution in [0.15, 0.2) is 58.8 Å². The minimum absolute atomic E-state index is 0.104. The van der Waals surface area contributed by atoms with Gasteiger partial charge in [-0.25, -0.2) is 9.37 Å². The molecule has 9 heteroatoms. The molecular formula is C18H15FN4O3S. The number of benzene rings is 2. The van der Waals surface area contributed by atoms with Crippen molar-refractivity contribution in [3.63, 3.8) is 0 Å². The summed E-state index contributed by atoms with van der Waals surface area (Å²) in [5, 5.41) is 14.4. The molecule has 0 saturated carbocycles. The average molecular weight is 386 g/mol. The van der Waals surface area contributed by atoms with Gasteiger partial charge in [-0.1, -0.05) is 11.8 Å². The van der Waals surface area contributed by atoms with Crippen LogP contribution in [0.5, 0.6) is 0 Å². The molecule has 0 saturated heterocycles. The Labute approximate surface area is 158 Å². The van der Waals surface area contributed by atoms with Gasteiger partial charge in [-0.05, 0) is 37.3 Å². The van der Waals surface area contributed by atoms with Gasteiger partial charge in [0.15, 0.2) is 5.16 Å². The van der Waals surface area contributed by atoms with Crippen molar-refractivity contribution in [1.82, 2.24) is 9.55 Å². The number of halogens is 1. The van der Waals surface area contributed by atoms with Crippen molar-refractivity contribution in [1.29, 1.82) is 0 Å². The molecule has 0 radical (unpaired) electrons. The zero-order chi connectivity index (χ0) is 19.6. The van der Waals surface area contributed by atoms with Gasteiger partial charge in [0.2, 0.25) is 0 Å². The fraction of sp³-hybridized carbons (Fsp3) is 0.111. The highest BCUT2D eigenvalue weighted by molar-refractivity contribution is 7.99. The summed E-state index contributed by atoms with van der Waals surface area (Å²) in [6, 6.07) is 9.08. The van der Waals surface area contributed by atoms with E-state index in [9.17, 15) is 19.3 Å². The van der Waals surface area contributed by atoms with Gasteiger partial charge in [-0.3, -0.25) is 14.9 Å². The third kappa shape index (κ3) is 4.14. The Kier molecular flexibility index (Phi) is 5.22. The number of nitrogens with one attached hydrogen (secondary N) is 1. The zero-order valence-corrected chi connectivity index (χ0v) is 15.3. The molecule has 1 aromatic heterocycles. The Balaban J connectivity index is 1.75. The summed E-state index contributed by atoms with van der Waals surface area (Å²) >= 11 is 1.47. The Hall–Kier alpha value is -3.20. The molecule has 0 aliphatic carbocycles. The molecule has 0 aliphatic rings. The van der Waals surface area contributed by atoms with Crippen molar-refractivity contribution in [2.45, 2.75) is 17.0 Å². The predicted molar refractivity (Wildman–Crippen MR) is 99.5 cm³/mol. The summed E-state index contributed by atoms with van der Waals surface area (Å²) in [5.74, 6) is -1.42. The maximum atomic E-state index is 13.9.